The minimum absolute atomic E-state index is 0.116. The molecule has 1 aromatic heterocycles. The second-order valence-corrected chi connectivity index (χ2v) is 8.99. The first-order chi connectivity index (χ1) is 14.9. The van der Waals surface area contributed by atoms with E-state index in [-0.39, 0.29) is 31.2 Å². The van der Waals surface area contributed by atoms with Gasteiger partial charge in [0.2, 0.25) is 0 Å². The first kappa shape index (κ1) is 23.4. The van der Waals surface area contributed by atoms with Gasteiger partial charge in [-0.2, -0.15) is 0 Å². The van der Waals surface area contributed by atoms with Gasteiger partial charge in [0.15, 0.2) is 0 Å². The molecular weight excluding hydrogens is 411 g/mol. The number of hydrogen-bond acceptors (Lipinski definition) is 4. The van der Waals surface area contributed by atoms with E-state index >= 15 is 0 Å². The smallest absolute Gasteiger partial charge is 0.123 e. The van der Waals surface area contributed by atoms with Crippen LogP contribution in [0.5, 0.6) is 0 Å². The largest absolute Gasteiger partial charge is 0.396 e. The molecule has 0 aliphatic rings. The molecule has 2 aromatic carbocycles. The highest BCUT2D eigenvalue weighted by Crippen LogP contribution is 2.46. The van der Waals surface area contributed by atoms with E-state index in [0.717, 1.165) is 27.1 Å². The lowest BCUT2D eigenvalue weighted by molar-refractivity contribution is 0.0827. The first-order valence-electron chi connectivity index (χ1n) is 10.5. The molecule has 5 heteroatoms. The Morgan fingerprint density at radius 1 is 0.968 bits per heavy atom. The Morgan fingerprint density at radius 2 is 1.65 bits per heavy atom. The Hall–Kier alpha value is -2.31. The maximum Gasteiger partial charge on any atom is 0.123 e. The van der Waals surface area contributed by atoms with Crippen LogP contribution in [0.15, 0.2) is 60.7 Å². The van der Waals surface area contributed by atoms with Crippen LogP contribution in [0.2, 0.25) is 0 Å². The summed E-state index contributed by atoms with van der Waals surface area (Å²) in [6, 6.07) is 16.6. The summed E-state index contributed by atoms with van der Waals surface area (Å²) in [7, 11) is 0. The van der Waals surface area contributed by atoms with E-state index in [2.05, 4.69) is 26.0 Å². The van der Waals surface area contributed by atoms with Crippen molar-refractivity contribution in [3.63, 3.8) is 0 Å². The molecule has 0 amide bonds. The minimum atomic E-state index is -0.831. The van der Waals surface area contributed by atoms with Gasteiger partial charge in [-0.25, -0.2) is 4.39 Å². The van der Waals surface area contributed by atoms with Crippen LogP contribution in [-0.2, 0) is 0 Å². The van der Waals surface area contributed by atoms with Crippen molar-refractivity contribution in [3.8, 4) is 21.6 Å². The Balaban J connectivity index is 2.11. The zero-order valence-electron chi connectivity index (χ0n) is 17.8. The summed E-state index contributed by atoms with van der Waals surface area (Å²) in [6.45, 7) is 4.15. The number of rotatable bonds is 9. The van der Waals surface area contributed by atoms with Crippen molar-refractivity contribution in [2.24, 2.45) is 0 Å². The molecule has 0 fully saturated rings. The van der Waals surface area contributed by atoms with Crippen LogP contribution in [0.3, 0.4) is 0 Å². The van der Waals surface area contributed by atoms with E-state index in [1.54, 1.807) is 29.5 Å². The number of hydrogen-bond donors (Lipinski definition) is 3. The number of halogens is 1. The molecule has 164 valence electrons. The summed E-state index contributed by atoms with van der Waals surface area (Å²) in [5.41, 5.74) is 4.02. The van der Waals surface area contributed by atoms with Gasteiger partial charge in [0.05, 0.1) is 12.2 Å². The molecule has 0 bridgehead atoms. The Morgan fingerprint density at radius 3 is 2.26 bits per heavy atom. The lowest BCUT2D eigenvalue weighted by Gasteiger charge is -2.12. The van der Waals surface area contributed by atoms with Crippen LogP contribution in [0.1, 0.15) is 43.0 Å². The van der Waals surface area contributed by atoms with Gasteiger partial charge in [0.25, 0.3) is 0 Å². The Bertz CT molecular complexity index is 993. The van der Waals surface area contributed by atoms with Crippen molar-refractivity contribution in [2.75, 3.05) is 6.61 Å². The number of thiophene rings is 1. The summed E-state index contributed by atoms with van der Waals surface area (Å²) in [5.74, 6) is -0.0202. The van der Waals surface area contributed by atoms with Crippen LogP contribution in [-0.4, -0.2) is 34.1 Å². The van der Waals surface area contributed by atoms with Gasteiger partial charge in [-0.05, 0) is 41.2 Å². The molecular formula is C26H29FO3S. The highest BCUT2D eigenvalue weighted by molar-refractivity contribution is 7.16. The van der Waals surface area contributed by atoms with E-state index in [9.17, 15) is 14.6 Å². The fraction of sp³-hybridized carbons (Fsp3) is 0.308. The van der Waals surface area contributed by atoms with Crippen LogP contribution < -0.4 is 0 Å². The normalized spacial score (nSPS) is 13.8. The van der Waals surface area contributed by atoms with Crippen molar-refractivity contribution >= 4 is 17.4 Å². The summed E-state index contributed by atoms with van der Waals surface area (Å²) < 4.78 is 13.6. The predicted octanol–water partition coefficient (Wildman–Crippen LogP) is 5.85. The second-order valence-electron chi connectivity index (χ2n) is 7.94. The summed E-state index contributed by atoms with van der Waals surface area (Å²) in [4.78, 5) is 2.28. The zero-order valence-corrected chi connectivity index (χ0v) is 18.6. The molecule has 3 rings (SSSR count). The molecule has 0 aliphatic heterocycles. The molecule has 0 aliphatic carbocycles. The molecule has 1 heterocycles. The number of aliphatic hydroxyl groups is 3. The maximum atomic E-state index is 13.6. The van der Waals surface area contributed by atoms with Crippen LogP contribution in [0, 0.1) is 5.82 Å². The quantitative estimate of drug-likeness (QED) is 0.391. The van der Waals surface area contributed by atoms with Gasteiger partial charge < -0.3 is 15.3 Å². The standard InChI is InChI=1S/C26H29FO3S/c1-17(2)25-23(13-12-21(29)16-22(30)14-15-28)24(18-8-10-20(27)11-9-18)26(31-25)19-6-4-3-5-7-19/h3-13,17,21-22,28-30H,14-16H2,1-2H3/b13-12+. The van der Waals surface area contributed by atoms with Crippen molar-refractivity contribution in [1.29, 1.82) is 0 Å². The summed E-state index contributed by atoms with van der Waals surface area (Å²) in [6.07, 6.45) is 2.41. The number of benzene rings is 2. The SMILES string of the molecule is CC(C)c1sc(-c2ccccc2)c(-c2ccc(F)cc2)c1/C=C/C(O)CC(O)CCO. The van der Waals surface area contributed by atoms with Gasteiger partial charge >= 0.3 is 0 Å². The molecule has 2 unspecified atom stereocenters. The molecule has 0 saturated heterocycles. The van der Waals surface area contributed by atoms with Crippen molar-refractivity contribution in [2.45, 2.75) is 44.8 Å². The summed E-state index contributed by atoms with van der Waals surface area (Å²) >= 11 is 1.71. The van der Waals surface area contributed by atoms with Crippen molar-refractivity contribution in [3.05, 3.63) is 76.9 Å². The number of aliphatic hydroxyl groups excluding tert-OH is 3. The third kappa shape index (κ3) is 5.89. The molecule has 3 aromatic rings. The van der Waals surface area contributed by atoms with Crippen LogP contribution in [0.25, 0.3) is 27.6 Å². The third-order valence-corrected chi connectivity index (χ3v) is 6.68. The second kappa shape index (κ2) is 10.8. The van der Waals surface area contributed by atoms with Gasteiger partial charge in [-0.15, -0.1) is 11.3 Å². The lowest BCUT2D eigenvalue weighted by Crippen LogP contribution is -2.16. The van der Waals surface area contributed by atoms with E-state index in [0.29, 0.717) is 0 Å². The lowest BCUT2D eigenvalue weighted by atomic mass is 9.94. The topological polar surface area (TPSA) is 60.7 Å². The average Bonchev–Trinajstić information content (AvgIpc) is 3.13. The van der Waals surface area contributed by atoms with E-state index in [1.165, 1.54) is 17.0 Å². The maximum absolute atomic E-state index is 13.6. The van der Waals surface area contributed by atoms with E-state index in [4.69, 9.17) is 5.11 Å². The molecule has 0 saturated carbocycles. The van der Waals surface area contributed by atoms with Gasteiger partial charge in [0.1, 0.15) is 5.82 Å². The van der Waals surface area contributed by atoms with Gasteiger partial charge in [-0.1, -0.05) is 68.5 Å². The van der Waals surface area contributed by atoms with Gasteiger partial charge in [-0.3, -0.25) is 0 Å². The highest BCUT2D eigenvalue weighted by atomic mass is 32.1. The Kier molecular flexibility index (Phi) is 8.15. The predicted molar refractivity (Wildman–Crippen MR) is 127 cm³/mol. The van der Waals surface area contributed by atoms with Crippen molar-refractivity contribution < 1.29 is 19.7 Å². The fourth-order valence-electron chi connectivity index (χ4n) is 3.58. The summed E-state index contributed by atoms with van der Waals surface area (Å²) in [5, 5.41) is 29.2. The monoisotopic (exact) mass is 440 g/mol. The molecule has 3 nitrogen and oxygen atoms in total. The zero-order chi connectivity index (χ0) is 22.4. The van der Waals surface area contributed by atoms with Crippen LogP contribution >= 0.6 is 11.3 Å². The molecule has 0 radical (unpaired) electrons. The van der Waals surface area contributed by atoms with E-state index < -0.39 is 12.2 Å². The fourth-order valence-corrected chi connectivity index (χ4v) is 4.90. The molecule has 3 N–H and O–H groups in total. The highest BCUT2D eigenvalue weighted by Gasteiger charge is 2.21. The van der Waals surface area contributed by atoms with E-state index in [1.807, 2.05) is 24.3 Å². The van der Waals surface area contributed by atoms with Crippen LogP contribution in [0.4, 0.5) is 4.39 Å². The molecule has 2 atom stereocenters. The molecule has 31 heavy (non-hydrogen) atoms. The molecule has 0 spiro atoms. The minimum Gasteiger partial charge on any atom is -0.396 e. The first-order valence-corrected chi connectivity index (χ1v) is 11.4. The van der Waals surface area contributed by atoms with Crippen molar-refractivity contribution in [1.82, 2.24) is 0 Å². The average molecular weight is 441 g/mol. The third-order valence-electron chi connectivity index (χ3n) is 5.13. The van der Waals surface area contributed by atoms with Gasteiger partial charge in [0, 0.05) is 28.3 Å². The Labute approximate surface area is 187 Å².